The molecular weight excluding hydrogens is 286 g/mol. The number of allylic oxidation sites excluding steroid dienone is 1. The van der Waals surface area contributed by atoms with Gasteiger partial charge in [-0.15, -0.1) is 22.7 Å². The van der Waals surface area contributed by atoms with Gasteiger partial charge in [0, 0.05) is 28.2 Å². The quantitative estimate of drug-likeness (QED) is 0.676. The molecule has 3 aromatic heterocycles. The molecule has 0 aromatic carbocycles. The van der Waals surface area contributed by atoms with Crippen LogP contribution in [0.2, 0.25) is 0 Å². The van der Waals surface area contributed by atoms with Crippen LogP contribution in [0.25, 0.3) is 22.9 Å². The van der Waals surface area contributed by atoms with Gasteiger partial charge < -0.3 is 0 Å². The van der Waals surface area contributed by atoms with Crippen molar-refractivity contribution in [2.24, 2.45) is 0 Å². The highest BCUT2D eigenvalue weighted by Crippen LogP contribution is 2.27. The lowest BCUT2D eigenvalue weighted by Gasteiger charge is -1.94. The number of rotatable bonds is 3. The second-order valence-electron chi connectivity index (χ2n) is 3.96. The van der Waals surface area contributed by atoms with E-state index in [1.54, 1.807) is 23.7 Å². The number of nitriles is 1. The van der Waals surface area contributed by atoms with E-state index >= 15 is 0 Å². The van der Waals surface area contributed by atoms with E-state index < -0.39 is 0 Å². The number of hydrogen-bond acceptors (Lipinski definition) is 5. The van der Waals surface area contributed by atoms with Gasteiger partial charge in [0.1, 0.15) is 11.1 Å². The normalized spacial score (nSPS) is 11.2. The molecule has 0 N–H and O–H groups in total. The molecule has 0 spiro atoms. The van der Waals surface area contributed by atoms with Crippen molar-refractivity contribution in [1.82, 2.24) is 9.97 Å². The molecule has 96 valence electrons. The molecule has 0 radical (unpaired) electrons. The Bertz CT molecular complexity index is 765. The van der Waals surface area contributed by atoms with Gasteiger partial charge in [0.2, 0.25) is 0 Å². The first-order valence-electron chi connectivity index (χ1n) is 5.88. The van der Waals surface area contributed by atoms with Gasteiger partial charge in [0.25, 0.3) is 0 Å². The topological polar surface area (TPSA) is 49.6 Å². The Hall–Kier alpha value is -2.29. The van der Waals surface area contributed by atoms with Gasteiger partial charge in [-0.1, -0.05) is 6.07 Å². The van der Waals surface area contributed by atoms with Gasteiger partial charge in [-0.05, 0) is 29.7 Å². The monoisotopic (exact) mass is 295 g/mol. The maximum atomic E-state index is 9.30. The zero-order chi connectivity index (χ0) is 13.8. The fourth-order valence-electron chi connectivity index (χ4n) is 1.71. The molecule has 3 rings (SSSR count). The van der Waals surface area contributed by atoms with E-state index in [2.05, 4.69) is 16.0 Å². The van der Waals surface area contributed by atoms with Crippen molar-refractivity contribution >= 4 is 34.3 Å². The third-order valence-corrected chi connectivity index (χ3v) is 4.36. The smallest absolute Gasteiger partial charge is 0.134 e. The zero-order valence-electron chi connectivity index (χ0n) is 10.4. The predicted octanol–water partition coefficient (Wildman–Crippen LogP) is 4.33. The lowest BCUT2D eigenvalue weighted by atomic mass is 10.2. The van der Waals surface area contributed by atoms with Crippen LogP contribution >= 0.6 is 22.7 Å². The molecule has 0 fully saturated rings. The Morgan fingerprint density at radius 1 is 1.20 bits per heavy atom. The first-order chi connectivity index (χ1) is 9.86. The number of thiophene rings is 1. The number of pyridine rings is 1. The summed E-state index contributed by atoms with van der Waals surface area (Å²) in [5.74, 6) is 0. The Balaban J connectivity index is 1.95. The SMILES string of the molecule is N#CC(=Cc1cccs1)c1nc(-c2ccncc2)cs1. The molecule has 0 atom stereocenters. The zero-order valence-corrected chi connectivity index (χ0v) is 12.0. The summed E-state index contributed by atoms with van der Waals surface area (Å²) in [5.41, 5.74) is 2.48. The molecule has 3 nitrogen and oxygen atoms in total. The third kappa shape index (κ3) is 2.67. The Morgan fingerprint density at radius 2 is 2.05 bits per heavy atom. The van der Waals surface area contributed by atoms with Crippen molar-refractivity contribution in [2.45, 2.75) is 0 Å². The molecular formula is C15H9N3S2. The molecule has 3 aromatic rings. The van der Waals surface area contributed by atoms with Gasteiger partial charge in [0.05, 0.1) is 11.3 Å². The van der Waals surface area contributed by atoms with Crippen LogP contribution in [-0.4, -0.2) is 9.97 Å². The van der Waals surface area contributed by atoms with E-state index in [9.17, 15) is 5.26 Å². The van der Waals surface area contributed by atoms with Crippen molar-refractivity contribution in [2.75, 3.05) is 0 Å². The first kappa shape index (κ1) is 12.7. The van der Waals surface area contributed by atoms with Crippen LogP contribution in [0.4, 0.5) is 0 Å². The maximum absolute atomic E-state index is 9.30. The summed E-state index contributed by atoms with van der Waals surface area (Å²) in [4.78, 5) is 9.59. The largest absolute Gasteiger partial charge is 0.265 e. The first-order valence-corrected chi connectivity index (χ1v) is 7.64. The van der Waals surface area contributed by atoms with Crippen LogP contribution < -0.4 is 0 Å². The molecule has 0 aliphatic rings. The summed E-state index contributed by atoms with van der Waals surface area (Å²) in [6, 6.07) is 10.00. The molecule has 0 saturated heterocycles. The van der Waals surface area contributed by atoms with E-state index in [0.717, 1.165) is 21.1 Å². The average molecular weight is 295 g/mol. The summed E-state index contributed by atoms with van der Waals surface area (Å²) in [7, 11) is 0. The van der Waals surface area contributed by atoms with Crippen molar-refractivity contribution in [3.05, 3.63) is 57.3 Å². The molecule has 0 amide bonds. The van der Waals surface area contributed by atoms with E-state index in [1.165, 1.54) is 11.3 Å². The number of thiazole rings is 1. The minimum absolute atomic E-state index is 0.595. The Labute approximate surface area is 124 Å². The summed E-state index contributed by atoms with van der Waals surface area (Å²) in [6.45, 7) is 0. The van der Waals surface area contributed by atoms with Gasteiger partial charge in [-0.3, -0.25) is 4.98 Å². The third-order valence-electron chi connectivity index (χ3n) is 2.66. The molecule has 3 heterocycles. The van der Waals surface area contributed by atoms with E-state index in [1.807, 2.05) is 41.1 Å². The van der Waals surface area contributed by atoms with Crippen LogP contribution in [-0.2, 0) is 0 Å². The maximum Gasteiger partial charge on any atom is 0.134 e. The average Bonchev–Trinajstić information content (AvgIpc) is 3.17. The highest BCUT2D eigenvalue weighted by atomic mass is 32.1. The van der Waals surface area contributed by atoms with Crippen molar-refractivity contribution in [3.63, 3.8) is 0 Å². The van der Waals surface area contributed by atoms with Gasteiger partial charge in [-0.25, -0.2) is 4.98 Å². The summed E-state index contributed by atoms with van der Waals surface area (Å²) < 4.78 is 0. The van der Waals surface area contributed by atoms with Crippen LogP contribution in [0.5, 0.6) is 0 Å². The molecule has 0 aliphatic carbocycles. The summed E-state index contributed by atoms with van der Waals surface area (Å²) >= 11 is 3.09. The summed E-state index contributed by atoms with van der Waals surface area (Å²) in [5, 5.41) is 14.0. The lowest BCUT2D eigenvalue weighted by molar-refractivity contribution is 1.31. The second kappa shape index (κ2) is 5.78. The van der Waals surface area contributed by atoms with Crippen molar-refractivity contribution in [3.8, 4) is 17.3 Å². The predicted molar refractivity (Wildman–Crippen MR) is 83.1 cm³/mol. The van der Waals surface area contributed by atoms with Gasteiger partial charge in [0.15, 0.2) is 0 Å². The summed E-state index contributed by atoms with van der Waals surface area (Å²) in [6.07, 6.45) is 5.35. The van der Waals surface area contributed by atoms with Crippen LogP contribution in [0.15, 0.2) is 47.4 Å². The fraction of sp³-hybridized carbons (Fsp3) is 0. The standard InChI is InChI=1S/C15H9N3S2/c16-9-12(8-13-2-1-7-19-13)15-18-14(10-20-15)11-3-5-17-6-4-11/h1-8,10H. The van der Waals surface area contributed by atoms with E-state index in [-0.39, 0.29) is 0 Å². The van der Waals surface area contributed by atoms with Crippen LogP contribution in [0, 0.1) is 11.3 Å². The highest BCUT2D eigenvalue weighted by molar-refractivity contribution is 7.12. The molecule has 0 saturated carbocycles. The van der Waals surface area contributed by atoms with Crippen LogP contribution in [0.3, 0.4) is 0 Å². The molecule has 20 heavy (non-hydrogen) atoms. The van der Waals surface area contributed by atoms with Crippen LogP contribution in [0.1, 0.15) is 9.88 Å². The number of nitrogens with zero attached hydrogens (tertiary/aromatic N) is 3. The Morgan fingerprint density at radius 3 is 2.75 bits per heavy atom. The van der Waals surface area contributed by atoms with Gasteiger partial charge in [-0.2, -0.15) is 5.26 Å². The molecule has 5 heteroatoms. The van der Waals surface area contributed by atoms with E-state index in [0.29, 0.717) is 5.57 Å². The fourth-order valence-corrected chi connectivity index (χ4v) is 3.16. The lowest BCUT2D eigenvalue weighted by Crippen LogP contribution is -1.82. The number of aromatic nitrogens is 2. The minimum Gasteiger partial charge on any atom is -0.265 e. The van der Waals surface area contributed by atoms with Gasteiger partial charge >= 0.3 is 0 Å². The van der Waals surface area contributed by atoms with Crippen molar-refractivity contribution in [1.29, 1.82) is 5.26 Å². The second-order valence-corrected chi connectivity index (χ2v) is 5.80. The molecule has 0 unspecified atom stereocenters. The number of hydrogen-bond donors (Lipinski definition) is 0. The van der Waals surface area contributed by atoms with Crippen molar-refractivity contribution < 1.29 is 0 Å². The molecule has 0 aliphatic heterocycles. The molecule has 0 bridgehead atoms. The minimum atomic E-state index is 0.595. The Kier molecular flexibility index (Phi) is 3.68. The highest BCUT2D eigenvalue weighted by Gasteiger charge is 2.09. The van der Waals surface area contributed by atoms with E-state index in [4.69, 9.17) is 0 Å².